The first-order valence-corrected chi connectivity index (χ1v) is 2.84. The number of methoxy groups -OCH3 is 1. The van der Waals surface area contributed by atoms with Gasteiger partial charge in [-0.2, -0.15) is 0 Å². The number of carboxylic acid groups (broad SMARTS) is 2. The molecule has 0 aliphatic heterocycles. The van der Waals surface area contributed by atoms with Gasteiger partial charge in [0.15, 0.2) is 0 Å². The van der Waals surface area contributed by atoms with Crippen molar-refractivity contribution in [1.29, 1.82) is 0 Å². The second kappa shape index (κ2) is 8.90. The molecule has 0 unspecified atom stereocenters. The number of ether oxygens (including phenoxy) is 1. The summed E-state index contributed by atoms with van der Waals surface area (Å²) in [5.41, 5.74) is 0. The third kappa shape index (κ3) is 27.9. The van der Waals surface area contributed by atoms with Crippen LogP contribution in [-0.4, -0.2) is 26.2 Å². The SMILES string of the molecule is COC.O=C([O-])CCC(=O)[O-]. The quantitative estimate of drug-likeness (QED) is 0.458. The van der Waals surface area contributed by atoms with Crippen molar-refractivity contribution >= 4 is 11.9 Å². The maximum absolute atomic E-state index is 9.50. The molecule has 0 aliphatic carbocycles. The lowest BCUT2D eigenvalue weighted by Gasteiger charge is -2.00. The average Bonchev–Trinajstić information content (AvgIpc) is 1.85. The summed E-state index contributed by atoms with van der Waals surface area (Å²) >= 11 is 0. The van der Waals surface area contributed by atoms with Gasteiger partial charge in [0.25, 0.3) is 0 Å². The summed E-state index contributed by atoms with van der Waals surface area (Å²) in [7, 11) is 3.25. The predicted molar refractivity (Wildman–Crippen MR) is 32.2 cm³/mol. The van der Waals surface area contributed by atoms with Crippen molar-refractivity contribution in [3.05, 3.63) is 0 Å². The molecule has 0 fully saturated rings. The fraction of sp³-hybridized carbons (Fsp3) is 0.667. The van der Waals surface area contributed by atoms with Gasteiger partial charge < -0.3 is 24.5 Å². The number of carbonyl (C=O) groups excluding carboxylic acids is 2. The Morgan fingerprint density at radius 1 is 1.09 bits per heavy atom. The number of carbonyl (C=O) groups is 2. The molecular formula is C6H10O5-2. The molecule has 0 aliphatic rings. The molecule has 0 atom stereocenters. The zero-order chi connectivity index (χ0) is 9.28. The molecule has 0 spiro atoms. The standard InChI is InChI=1S/C4H6O4.C2H6O/c5-3(6)1-2-4(7)8;1-3-2/h1-2H2,(H,5,6)(H,7,8);1-2H3/p-2. The van der Waals surface area contributed by atoms with Crippen molar-refractivity contribution in [3.63, 3.8) is 0 Å². The minimum Gasteiger partial charge on any atom is -0.550 e. The molecule has 0 saturated carbocycles. The Bertz CT molecular complexity index is 106. The zero-order valence-corrected chi connectivity index (χ0v) is 6.46. The molecule has 0 aromatic carbocycles. The number of hydrogen-bond donors (Lipinski definition) is 0. The Labute approximate surface area is 64.6 Å². The first kappa shape index (κ1) is 12.6. The summed E-state index contributed by atoms with van der Waals surface area (Å²) in [5.74, 6) is -2.73. The topological polar surface area (TPSA) is 89.5 Å². The third-order valence-electron chi connectivity index (χ3n) is 0.533. The molecule has 5 heteroatoms. The van der Waals surface area contributed by atoms with Crippen LogP contribution in [0.1, 0.15) is 12.8 Å². The van der Waals surface area contributed by atoms with Gasteiger partial charge in [0.2, 0.25) is 0 Å². The lowest BCUT2D eigenvalue weighted by Crippen LogP contribution is -2.27. The van der Waals surface area contributed by atoms with Crippen LogP contribution in [-0.2, 0) is 14.3 Å². The first-order chi connectivity index (χ1) is 5.04. The Hall–Kier alpha value is -1.10. The Balaban J connectivity index is 0. The minimum absolute atomic E-state index is 0.470. The van der Waals surface area contributed by atoms with E-state index in [-0.39, 0.29) is 0 Å². The smallest absolute Gasteiger partial charge is 0.0418 e. The van der Waals surface area contributed by atoms with Crippen molar-refractivity contribution in [2.45, 2.75) is 12.8 Å². The van der Waals surface area contributed by atoms with Crippen molar-refractivity contribution in [2.75, 3.05) is 14.2 Å². The van der Waals surface area contributed by atoms with E-state index in [4.69, 9.17) is 0 Å². The van der Waals surface area contributed by atoms with Gasteiger partial charge in [0.1, 0.15) is 0 Å². The molecule has 0 aromatic heterocycles. The molecule has 0 rings (SSSR count). The number of rotatable bonds is 3. The van der Waals surface area contributed by atoms with Crippen molar-refractivity contribution < 1.29 is 24.5 Å². The molecule has 0 radical (unpaired) electrons. The monoisotopic (exact) mass is 162 g/mol. The second-order valence-corrected chi connectivity index (χ2v) is 1.65. The van der Waals surface area contributed by atoms with Gasteiger partial charge in [0.05, 0.1) is 0 Å². The van der Waals surface area contributed by atoms with Crippen LogP contribution in [0.25, 0.3) is 0 Å². The van der Waals surface area contributed by atoms with Crippen molar-refractivity contribution in [2.24, 2.45) is 0 Å². The van der Waals surface area contributed by atoms with Gasteiger partial charge in [-0.3, -0.25) is 0 Å². The predicted octanol–water partition coefficient (Wildman–Crippen LogP) is -2.47. The summed E-state index contributed by atoms with van der Waals surface area (Å²) in [6, 6.07) is 0. The fourth-order valence-electron chi connectivity index (χ4n) is 0.204. The van der Waals surface area contributed by atoms with E-state index in [2.05, 4.69) is 4.74 Å². The number of hydrogen-bond acceptors (Lipinski definition) is 5. The van der Waals surface area contributed by atoms with E-state index >= 15 is 0 Å². The fourth-order valence-corrected chi connectivity index (χ4v) is 0.204. The van der Waals surface area contributed by atoms with Gasteiger partial charge >= 0.3 is 0 Å². The van der Waals surface area contributed by atoms with Crippen LogP contribution in [0.3, 0.4) is 0 Å². The van der Waals surface area contributed by atoms with Crippen molar-refractivity contribution in [1.82, 2.24) is 0 Å². The molecule has 0 saturated heterocycles. The molecule has 0 bridgehead atoms. The molecule has 11 heavy (non-hydrogen) atoms. The second-order valence-electron chi connectivity index (χ2n) is 1.65. The van der Waals surface area contributed by atoms with Crippen LogP contribution in [0.5, 0.6) is 0 Å². The Kier molecular flexibility index (Phi) is 10.2. The normalized spacial score (nSPS) is 7.82. The van der Waals surface area contributed by atoms with Crippen LogP contribution in [0, 0.1) is 0 Å². The van der Waals surface area contributed by atoms with E-state index in [1.54, 1.807) is 14.2 Å². The van der Waals surface area contributed by atoms with Gasteiger partial charge in [-0.25, -0.2) is 0 Å². The molecule has 0 N–H and O–H groups in total. The lowest BCUT2D eigenvalue weighted by atomic mass is 10.3. The van der Waals surface area contributed by atoms with E-state index in [1.807, 2.05) is 0 Å². The molecule has 0 heterocycles. The summed E-state index contributed by atoms with van der Waals surface area (Å²) in [5, 5.41) is 19.0. The average molecular weight is 162 g/mol. The summed E-state index contributed by atoms with van der Waals surface area (Å²) in [6.45, 7) is 0. The maximum Gasteiger partial charge on any atom is 0.0418 e. The molecule has 0 amide bonds. The van der Waals surface area contributed by atoms with Gasteiger partial charge in [-0.1, -0.05) is 0 Å². The summed E-state index contributed by atoms with van der Waals surface area (Å²) in [6.07, 6.45) is -0.940. The van der Waals surface area contributed by atoms with Crippen LogP contribution in [0.15, 0.2) is 0 Å². The highest BCUT2D eigenvalue weighted by molar-refractivity contribution is 5.72. The Morgan fingerprint density at radius 3 is 1.36 bits per heavy atom. The lowest BCUT2D eigenvalue weighted by molar-refractivity contribution is -0.315. The number of carboxylic acids is 2. The number of aliphatic carboxylic acids is 2. The van der Waals surface area contributed by atoms with E-state index < -0.39 is 24.8 Å². The molecule has 66 valence electrons. The van der Waals surface area contributed by atoms with Gasteiger partial charge in [-0.05, 0) is 12.8 Å². The van der Waals surface area contributed by atoms with Gasteiger partial charge in [-0.15, -0.1) is 0 Å². The van der Waals surface area contributed by atoms with Gasteiger partial charge in [0, 0.05) is 26.2 Å². The molecule has 0 aromatic rings. The zero-order valence-electron chi connectivity index (χ0n) is 6.46. The highest BCUT2D eigenvalue weighted by atomic mass is 16.4. The minimum atomic E-state index is -1.37. The van der Waals surface area contributed by atoms with Crippen molar-refractivity contribution in [3.8, 4) is 0 Å². The van der Waals surface area contributed by atoms with Crippen LogP contribution in [0.2, 0.25) is 0 Å². The highest BCUT2D eigenvalue weighted by Crippen LogP contribution is 1.81. The van der Waals surface area contributed by atoms with E-state index in [0.29, 0.717) is 0 Å². The first-order valence-electron chi connectivity index (χ1n) is 2.84. The highest BCUT2D eigenvalue weighted by Gasteiger charge is 1.85. The molecule has 5 nitrogen and oxygen atoms in total. The van der Waals surface area contributed by atoms with Crippen LogP contribution < -0.4 is 10.2 Å². The third-order valence-corrected chi connectivity index (χ3v) is 0.533. The summed E-state index contributed by atoms with van der Waals surface area (Å²) < 4.78 is 4.25. The van der Waals surface area contributed by atoms with E-state index in [1.165, 1.54) is 0 Å². The van der Waals surface area contributed by atoms with Crippen LogP contribution in [0.4, 0.5) is 0 Å². The van der Waals surface area contributed by atoms with E-state index in [9.17, 15) is 19.8 Å². The Morgan fingerprint density at radius 2 is 1.27 bits per heavy atom. The summed E-state index contributed by atoms with van der Waals surface area (Å²) in [4.78, 5) is 19.0. The largest absolute Gasteiger partial charge is 0.550 e. The van der Waals surface area contributed by atoms with E-state index in [0.717, 1.165) is 0 Å². The molecular weight excluding hydrogens is 152 g/mol. The van der Waals surface area contributed by atoms with Crippen LogP contribution >= 0.6 is 0 Å². The maximum atomic E-state index is 9.50.